The molecule has 2 aromatic rings. The number of phenolic OH excluding ortho intramolecular Hbond substituents is 1. The van der Waals surface area contributed by atoms with E-state index in [0.717, 1.165) is 10.5 Å². The Kier molecular flexibility index (Phi) is 5.46. The van der Waals surface area contributed by atoms with Crippen molar-refractivity contribution >= 4 is 29.5 Å². The normalized spacial score (nSPS) is 11.6. The standard InChI is InChI=1S/C19H19NO3S/c1-19(2,18(20)23)24-14-10-7-13(8-11-14)9-12-17(22)15-5-3-4-6-16(15)21/h3-12,21H,1-2H3,(H2,20,23)/b12-9+. The molecule has 0 heterocycles. The van der Waals surface area contributed by atoms with E-state index in [-0.39, 0.29) is 23.0 Å². The van der Waals surface area contributed by atoms with Crippen molar-refractivity contribution in [1.82, 2.24) is 0 Å². The first-order valence-electron chi connectivity index (χ1n) is 7.39. The fourth-order valence-electron chi connectivity index (χ4n) is 1.94. The van der Waals surface area contributed by atoms with E-state index in [2.05, 4.69) is 0 Å². The Hall–Kier alpha value is -2.53. The van der Waals surface area contributed by atoms with Crippen LogP contribution in [0.5, 0.6) is 5.75 Å². The van der Waals surface area contributed by atoms with E-state index in [0.29, 0.717) is 0 Å². The van der Waals surface area contributed by atoms with Crippen molar-refractivity contribution in [3.05, 3.63) is 65.7 Å². The lowest BCUT2D eigenvalue weighted by Gasteiger charge is -2.19. The number of hydrogen-bond donors (Lipinski definition) is 2. The number of benzene rings is 2. The van der Waals surface area contributed by atoms with Crippen LogP contribution in [-0.4, -0.2) is 21.5 Å². The lowest BCUT2D eigenvalue weighted by molar-refractivity contribution is -0.119. The Balaban J connectivity index is 2.08. The molecular formula is C19H19NO3S. The van der Waals surface area contributed by atoms with Crippen LogP contribution in [0.1, 0.15) is 29.8 Å². The highest BCUT2D eigenvalue weighted by Crippen LogP contribution is 2.32. The molecule has 24 heavy (non-hydrogen) atoms. The maximum Gasteiger partial charge on any atom is 0.233 e. The van der Waals surface area contributed by atoms with Crippen molar-refractivity contribution in [3.63, 3.8) is 0 Å². The molecule has 0 aliphatic heterocycles. The summed E-state index contributed by atoms with van der Waals surface area (Å²) < 4.78 is -0.682. The van der Waals surface area contributed by atoms with E-state index < -0.39 is 4.75 Å². The second-order valence-electron chi connectivity index (χ2n) is 5.76. The van der Waals surface area contributed by atoms with E-state index in [1.54, 1.807) is 38.1 Å². The van der Waals surface area contributed by atoms with Crippen LogP contribution in [0.3, 0.4) is 0 Å². The van der Waals surface area contributed by atoms with Gasteiger partial charge in [-0.1, -0.05) is 30.3 Å². The first-order chi connectivity index (χ1) is 11.3. The van der Waals surface area contributed by atoms with Gasteiger partial charge in [-0.05, 0) is 49.8 Å². The number of primary amides is 1. The van der Waals surface area contributed by atoms with Crippen molar-refractivity contribution in [2.24, 2.45) is 5.73 Å². The average molecular weight is 341 g/mol. The van der Waals surface area contributed by atoms with Gasteiger partial charge in [0.25, 0.3) is 0 Å². The summed E-state index contributed by atoms with van der Waals surface area (Å²) >= 11 is 1.39. The van der Waals surface area contributed by atoms with Gasteiger partial charge >= 0.3 is 0 Å². The van der Waals surface area contributed by atoms with Gasteiger partial charge in [0.1, 0.15) is 5.75 Å². The Labute approximate surface area is 145 Å². The van der Waals surface area contributed by atoms with Crippen LogP contribution >= 0.6 is 11.8 Å². The molecule has 0 fully saturated rings. The van der Waals surface area contributed by atoms with Crippen LogP contribution in [0.4, 0.5) is 0 Å². The van der Waals surface area contributed by atoms with Crippen LogP contribution in [0, 0.1) is 0 Å². The maximum absolute atomic E-state index is 12.1. The molecule has 2 rings (SSSR count). The van der Waals surface area contributed by atoms with Crippen molar-refractivity contribution in [3.8, 4) is 5.75 Å². The molecule has 5 heteroatoms. The van der Waals surface area contributed by atoms with Crippen molar-refractivity contribution in [2.45, 2.75) is 23.5 Å². The number of carbonyl (C=O) groups excluding carboxylic acids is 2. The van der Waals surface area contributed by atoms with Crippen molar-refractivity contribution < 1.29 is 14.7 Å². The van der Waals surface area contributed by atoms with Gasteiger partial charge < -0.3 is 10.8 Å². The minimum Gasteiger partial charge on any atom is -0.507 e. The average Bonchev–Trinajstić information content (AvgIpc) is 2.54. The smallest absolute Gasteiger partial charge is 0.233 e. The number of ketones is 1. The number of amides is 1. The van der Waals surface area contributed by atoms with E-state index in [4.69, 9.17) is 5.73 Å². The molecule has 1 amide bonds. The number of carbonyl (C=O) groups is 2. The molecule has 0 saturated heterocycles. The highest BCUT2D eigenvalue weighted by molar-refractivity contribution is 8.01. The Morgan fingerprint density at radius 2 is 1.71 bits per heavy atom. The van der Waals surface area contributed by atoms with E-state index in [1.807, 2.05) is 24.3 Å². The summed E-state index contributed by atoms with van der Waals surface area (Å²) in [6.45, 7) is 3.55. The lowest BCUT2D eigenvalue weighted by atomic mass is 10.1. The van der Waals surface area contributed by atoms with Gasteiger partial charge in [-0.2, -0.15) is 0 Å². The first kappa shape index (κ1) is 17.8. The molecule has 3 N–H and O–H groups in total. The summed E-state index contributed by atoms with van der Waals surface area (Å²) in [4.78, 5) is 24.3. The molecule has 0 saturated carbocycles. The monoisotopic (exact) mass is 341 g/mol. The number of nitrogens with two attached hydrogens (primary N) is 1. The second kappa shape index (κ2) is 7.36. The SMILES string of the molecule is CC(C)(Sc1ccc(/C=C/C(=O)c2ccccc2O)cc1)C(N)=O. The summed E-state index contributed by atoms with van der Waals surface area (Å²) in [5.41, 5.74) is 6.48. The molecule has 0 spiro atoms. The van der Waals surface area contributed by atoms with Crippen LogP contribution in [-0.2, 0) is 4.79 Å². The molecule has 0 unspecified atom stereocenters. The maximum atomic E-state index is 12.1. The summed E-state index contributed by atoms with van der Waals surface area (Å²) in [6.07, 6.45) is 3.10. The zero-order valence-electron chi connectivity index (χ0n) is 13.5. The topological polar surface area (TPSA) is 80.4 Å². The Bertz CT molecular complexity index is 779. The van der Waals surface area contributed by atoms with Gasteiger partial charge in [0, 0.05) is 4.90 Å². The van der Waals surface area contributed by atoms with Crippen LogP contribution in [0.25, 0.3) is 6.08 Å². The minimum absolute atomic E-state index is 0.0346. The highest BCUT2D eigenvalue weighted by Gasteiger charge is 2.26. The Morgan fingerprint density at radius 3 is 2.29 bits per heavy atom. The number of thioether (sulfide) groups is 1. The lowest BCUT2D eigenvalue weighted by Crippen LogP contribution is -2.34. The highest BCUT2D eigenvalue weighted by atomic mass is 32.2. The molecular weight excluding hydrogens is 322 g/mol. The fourth-order valence-corrected chi connectivity index (χ4v) is 2.90. The van der Waals surface area contributed by atoms with Crippen molar-refractivity contribution in [1.29, 1.82) is 0 Å². The van der Waals surface area contributed by atoms with Crippen LogP contribution < -0.4 is 5.73 Å². The predicted molar refractivity (Wildman–Crippen MR) is 97.0 cm³/mol. The van der Waals surface area contributed by atoms with Gasteiger partial charge in [0.05, 0.1) is 10.3 Å². The zero-order chi connectivity index (χ0) is 17.7. The van der Waals surface area contributed by atoms with Crippen molar-refractivity contribution in [2.75, 3.05) is 0 Å². The predicted octanol–water partition coefficient (Wildman–Crippen LogP) is 3.64. The first-order valence-corrected chi connectivity index (χ1v) is 8.20. The number of aromatic hydroxyl groups is 1. The largest absolute Gasteiger partial charge is 0.507 e. The number of phenols is 1. The molecule has 0 bridgehead atoms. The van der Waals surface area contributed by atoms with Gasteiger partial charge in [-0.25, -0.2) is 0 Å². The molecule has 0 aliphatic carbocycles. The fraction of sp³-hybridized carbons (Fsp3) is 0.158. The molecule has 0 aromatic heterocycles. The molecule has 0 atom stereocenters. The zero-order valence-corrected chi connectivity index (χ0v) is 14.3. The summed E-state index contributed by atoms with van der Waals surface area (Å²) in [6, 6.07) is 13.9. The third-order valence-corrected chi connectivity index (χ3v) is 4.66. The second-order valence-corrected chi connectivity index (χ2v) is 7.46. The van der Waals surface area contributed by atoms with Gasteiger partial charge in [0.15, 0.2) is 5.78 Å². The number of rotatable bonds is 6. The Morgan fingerprint density at radius 1 is 1.08 bits per heavy atom. The third-order valence-electron chi connectivity index (χ3n) is 3.44. The molecule has 2 aromatic carbocycles. The molecule has 4 nitrogen and oxygen atoms in total. The number of allylic oxidation sites excluding steroid dienone is 1. The summed E-state index contributed by atoms with van der Waals surface area (Å²) in [7, 11) is 0. The van der Waals surface area contributed by atoms with E-state index in [1.165, 1.54) is 23.9 Å². The summed E-state index contributed by atoms with van der Waals surface area (Å²) in [5.74, 6) is -0.668. The number of hydrogen-bond acceptors (Lipinski definition) is 4. The summed E-state index contributed by atoms with van der Waals surface area (Å²) in [5, 5.41) is 9.67. The van der Waals surface area contributed by atoms with E-state index in [9.17, 15) is 14.7 Å². The van der Waals surface area contributed by atoms with Gasteiger partial charge in [0.2, 0.25) is 5.91 Å². The van der Waals surface area contributed by atoms with Gasteiger partial charge in [-0.15, -0.1) is 11.8 Å². The molecule has 124 valence electrons. The number of para-hydroxylation sites is 1. The molecule has 0 radical (unpaired) electrons. The quantitative estimate of drug-likeness (QED) is 0.477. The third kappa shape index (κ3) is 4.49. The van der Waals surface area contributed by atoms with Crippen LogP contribution in [0.2, 0.25) is 0 Å². The van der Waals surface area contributed by atoms with Gasteiger partial charge in [-0.3, -0.25) is 9.59 Å². The molecule has 0 aliphatic rings. The minimum atomic E-state index is -0.682. The van der Waals surface area contributed by atoms with E-state index >= 15 is 0 Å². The van der Waals surface area contributed by atoms with Crippen LogP contribution in [0.15, 0.2) is 59.5 Å².